The zero-order valence-corrected chi connectivity index (χ0v) is 18.1. The lowest BCUT2D eigenvalue weighted by Gasteiger charge is -2.27. The standard InChI is InChI=1S/C18H26Cl2N4OS/c1-17(2,9-25-10-18(3,4)21)8-22-15-16(26-5)24-14-7-12(20)11(19)6-13(14)23-15/h6-7H,8-10,21H2,1-5H3,(H,22,23). The van der Waals surface area contributed by atoms with Gasteiger partial charge in [-0.15, -0.1) is 11.8 Å². The summed E-state index contributed by atoms with van der Waals surface area (Å²) in [5.41, 5.74) is 6.97. The molecule has 1 aromatic heterocycles. The van der Waals surface area contributed by atoms with Gasteiger partial charge >= 0.3 is 0 Å². The molecule has 3 N–H and O–H groups in total. The van der Waals surface area contributed by atoms with E-state index in [0.29, 0.717) is 35.3 Å². The molecule has 0 aliphatic rings. The fourth-order valence-corrected chi connectivity index (χ4v) is 3.07. The highest BCUT2D eigenvalue weighted by molar-refractivity contribution is 7.98. The molecule has 0 unspecified atom stereocenters. The Kier molecular flexibility index (Phi) is 7.02. The van der Waals surface area contributed by atoms with Crippen molar-refractivity contribution in [1.29, 1.82) is 0 Å². The maximum absolute atomic E-state index is 6.11. The second kappa shape index (κ2) is 8.48. The third-order valence-electron chi connectivity index (χ3n) is 3.57. The van der Waals surface area contributed by atoms with E-state index >= 15 is 0 Å². The van der Waals surface area contributed by atoms with Crippen molar-refractivity contribution in [2.45, 2.75) is 38.3 Å². The number of halogens is 2. The third-order valence-corrected chi connectivity index (χ3v) is 4.96. The Morgan fingerprint density at radius 3 is 2.19 bits per heavy atom. The van der Waals surface area contributed by atoms with E-state index in [2.05, 4.69) is 29.1 Å². The van der Waals surface area contributed by atoms with E-state index in [-0.39, 0.29) is 11.0 Å². The van der Waals surface area contributed by atoms with Gasteiger partial charge in [0.25, 0.3) is 0 Å². The van der Waals surface area contributed by atoms with Gasteiger partial charge < -0.3 is 15.8 Å². The Morgan fingerprint density at radius 2 is 1.65 bits per heavy atom. The van der Waals surface area contributed by atoms with Gasteiger partial charge in [0.1, 0.15) is 5.03 Å². The van der Waals surface area contributed by atoms with Gasteiger partial charge in [-0.25, -0.2) is 9.97 Å². The number of hydrogen-bond acceptors (Lipinski definition) is 6. The largest absolute Gasteiger partial charge is 0.379 e. The van der Waals surface area contributed by atoms with Crippen LogP contribution in [0.5, 0.6) is 0 Å². The van der Waals surface area contributed by atoms with Crippen LogP contribution >= 0.6 is 35.0 Å². The van der Waals surface area contributed by atoms with Crippen LogP contribution in [0.25, 0.3) is 11.0 Å². The summed E-state index contributed by atoms with van der Waals surface area (Å²) < 4.78 is 5.77. The van der Waals surface area contributed by atoms with Crippen LogP contribution in [0.2, 0.25) is 10.0 Å². The predicted molar refractivity (Wildman–Crippen MR) is 113 cm³/mol. The summed E-state index contributed by atoms with van der Waals surface area (Å²) in [7, 11) is 0. The Morgan fingerprint density at radius 1 is 1.08 bits per heavy atom. The van der Waals surface area contributed by atoms with Gasteiger partial charge in [0.15, 0.2) is 5.82 Å². The highest BCUT2D eigenvalue weighted by Crippen LogP contribution is 2.30. The van der Waals surface area contributed by atoms with Gasteiger partial charge in [0.2, 0.25) is 0 Å². The van der Waals surface area contributed by atoms with Crippen LogP contribution in [-0.4, -0.2) is 41.5 Å². The van der Waals surface area contributed by atoms with E-state index < -0.39 is 0 Å². The number of thioether (sulfide) groups is 1. The van der Waals surface area contributed by atoms with Gasteiger partial charge in [-0.05, 0) is 32.2 Å². The molecule has 0 radical (unpaired) electrons. The lowest BCUT2D eigenvalue weighted by molar-refractivity contribution is 0.0440. The monoisotopic (exact) mass is 416 g/mol. The molecule has 0 aliphatic carbocycles. The Labute approximate surface area is 169 Å². The van der Waals surface area contributed by atoms with Crippen molar-refractivity contribution in [2.75, 3.05) is 31.3 Å². The van der Waals surface area contributed by atoms with Crippen LogP contribution in [0.3, 0.4) is 0 Å². The summed E-state index contributed by atoms with van der Waals surface area (Å²) in [4.78, 5) is 9.31. The van der Waals surface area contributed by atoms with Crippen molar-refractivity contribution in [3.63, 3.8) is 0 Å². The van der Waals surface area contributed by atoms with Crippen molar-refractivity contribution in [3.05, 3.63) is 22.2 Å². The average Bonchev–Trinajstić information content (AvgIpc) is 2.52. The summed E-state index contributed by atoms with van der Waals surface area (Å²) in [6.07, 6.45) is 1.97. The number of nitrogens with two attached hydrogens (primary N) is 1. The van der Waals surface area contributed by atoms with Gasteiger partial charge in [-0.3, -0.25) is 0 Å². The molecule has 8 heteroatoms. The van der Waals surface area contributed by atoms with Crippen molar-refractivity contribution < 1.29 is 4.74 Å². The molecule has 26 heavy (non-hydrogen) atoms. The van der Waals surface area contributed by atoms with Gasteiger partial charge in [0.05, 0.1) is 34.3 Å². The number of anilines is 1. The van der Waals surface area contributed by atoms with Crippen LogP contribution in [0.1, 0.15) is 27.7 Å². The molecule has 144 valence electrons. The van der Waals surface area contributed by atoms with Gasteiger partial charge in [-0.1, -0.05) is 37.0 Å². The summed E-state index contributed by atoms with van der Waals surface area (Å²) >= 11 is 13.7. The molecule has 2 rings (SSSR count). The minimum Gasteiger partial charge on any atom is -0.379 e. The van der Waals surface area contributed by atoms with Crippen LogP contribution in [0, 0.1) is 5.41 Å². The van der Waals surface area contributed by atoms with Crippen LogP contribution in [0.4, 0.5) is 5.82 Å². The van der Waals surface area contributed by atoms with Crippen molar-refractivity contribution in [3.8, 4) is 0 Å². The second-order valence-corrected chi connectivity index (χ2v) is 9.45. The smallest absolute Gasteiger partial charge is 0.159 e. The molecule has 0 spiro atoms. The predicted octanol–water partition coefficient (Wildman–Crippen LogP) is 4.85. The van der Waals surface area contributed by atoms with Crippen LogP contribution in [0.15, 0.2) is 17.2 Å². The van der Waals surface area contributed by atoms with Crippen molar-refractivity contribution in [2.24, 2.45) is 11.1 Å². The number of ether oxygens (including phenoxy) is 1. The van der Waals surface area contributed by atoms with E-state index in [1.807, 2.05) is 20.1 Å². The Balaban J connectivity index is 2.12. The Bertz CT molecular complexity index is 778. The number of benzene rings is 1. The molecule has 0 atom stereocenters. The Hall–Kier alpha value is -0.790. The maximum atomic E-state index is 6.11. The number of rotatable bonds is 8. The third kappa shape index (κ3) is 6.13. The number of hydrogen-bond donors (Lipinski definition) is 2. The van der Waals surface area contributed by atoms with Gasteiger partial charge in [0, 0.05) is 17.5 Å². The summed E-state index contributed by atoms with van der Waals surface area (Å²) in [6, 6.07) is 3.47. The number of nitrogens with zero attached hydrogens (tertiary/aromatic N) is 2. The number of fused-ring (bicyclic) bond motifs is 1. The molecule has 2 aromatic rings. The molecule has 0 aliphatic heterocycles. The molecule has 0 fully saturated rings. The molecule has 0 amide bonds. The maximum Gasteiger partial charge on any atom is 0.159 e. The van der Waals surface area contributed by atoms with Crippen molar-refractivity contribution in [1.82, 2.24) is 9.97 Å². The average molecular weight is 417 g/mol. The molecular formula is C18H26Cl2N4OS. The SMILES string of the molecule is CSc1nc2cc(Cl)c(Cl)cc2nc1NCC(C)(C)COCC(C)(C)N. The summed E-state index contributed by atoms with van der Waals surface area (Å²) in [5.74, 6) is 0.732. The lowest BCUT2D eigenvalue weighted by Crippen LogP contribution is -2.39. The molecule has 5 nitrogen and oxygen atoms in total. The van der Waals surface area contributed by atoms with Gasteiger partial charge in [-0.2, -0.15) is 0 Å². The van der Waals surface area contributed by atoms with E-state index in [9.17, 15) is 0 Å². The highest BCUT2D eigenvalue weighted by atomic mass is 35.5. The molecule has 0 saturated heterocycles. The molecule has 0 bridgehead atoms. The summed E-state index contributed by atoms with van der Waals surface area (Å²) in [5, 5.41) is 5.15. The normalized spacial score (nSPS) is 12.6. The number of nitrogens with one attached hydrogen (secondary N) is 1. The first-order valence-corrected chi connectivity index (χ1v) is 10.3. The molecule has 0 saturated carbocycles. The number of aromatic nitrogens is 2. The lowest BCUT2D eigenvalue weighted by atomic mass is 9.95. The van der Waals surface area contributed by atoms with Crippen LogP contribution in [-0.2, 0) is 4.74 Å². The minimum atomic E-state index is -0.333. The van der Waals surface area contributed by atoms with E-state index in [1.54, 1.807) is 12.1 Å². The topological polar surface area (TPSA) is 73.1 Å². The van der Waals surface area contributed by atoms with E-state index in [4.69, 9.17) is 33.7 Å². The highest BCUT2D eigenvalue weighted by Gasteiger charge is 2.21. The summed E-state index contributed by atoms with van der Waals surface area (Å²) in [6.45, 7) is 9.96. The van der Waals surface area contributed by atoms with E-state index in [1.165, 1.54) is 11.8 Å². The van der Waals surface area contributed by atoms with E-state index in [0.717, 1.165) is 16.4 Å². The second-order valence-electron chi connectivity index (χ2n) is 7.84. The quantitative estimate of drug-likeness (QED) is 0.598. The van der Waals surface area contributed by atoms with Crippen molar-refractivity contribution >= 4 is 51.8 Å². The molecular weight excluding hydrogens is 391 g/mol. The fraction of sp³-hybridized carbons (Fsp3) is 0.556. The zero-order valence-electron chi connectivity index (χ0n) is 15.8. The van der Waals surface area contributed by atoms with Crippen LogP contribution < -0.4 is 11.1 Å². The first-order chi connectivity index (χ1) is 12.0. The molecule has 1 heterocycles. The minimum absolute atomic E-state index is 0.0881. The first kappa shape index (κ1) is 21.5. The zero-order chi connectivity index (χ0) is 19.5. The fourth-order valence-electron chi connectivity index (χ4n) is 2.26. The molecule has 1 aromatic carbocycles. The first-order valence-electron chi connectivity index (χ1n) is 8.32.